The topological polar surface area (TPSA) is 72.0 Å². The summed E-state index contributed by atoms with van der Waals surface area (Å²) in [7, 11) is 0. The van der Waals surface area contributed by atoms with Crippen LogP contribution in [0, 0.1) is 22.7 Å². The molecule has 1 N–H and O–H groups in total. The maximum atomic E-state index is 8.42. The van der Waals surface area contributed by atoms with E-state index in [1.54, 1.807) is 18.3 Å². The Morgan fingerprint density at radius 1 is 1.45 bits per heavy atom. The lowest BCUT2D eigenvalue weighted by Gasteiger charge is -2.02. The van der Waals surface area contributed by atoms with Crippen LogP contribution in [0.15, 0.2) is 28.7 Å². The van der Waals surface area contributed by atoms with Crippen LogP contribution in [0.3, 0.4) is 0 Å². The Labute approximate surface area is 63.8 Å². The maximum Gasteiger partial charge on any atom is 0.154 e. The molecule has 1 aliphatic heterocycles. The van der Waals surface area contributed by atoms with Crippen molar-refractivity contribution >= 4 is 6.21 Å². The lowest BCUT2D eigenvalue weighted by molar-refractivity contribution is 1.10. The van der Waals surface area contributed by atoms with Crippen LogP contribution >= 0.6 is 0 Å². The summed E-state index contributed by atoms with van der Waals surface area (Å²) in [6.45, 7) is 0. The smallest absolute Gasteiger partial charge is 0.154 e. The zero-order valence-electron chi connectivity index (χ0n) is 5.57. The largest absolute Gasteiger partial charge is 0.357 e. The fraction of sp³-hybridized carbons (Fsp3) is 0. The summed E-state index contributed by atoms with van der Waals surface area (Å²) < 4.78 is 0. The van der Waals surface area contributed by atoms with Crippen LogP contribution in [0.1, 0.15) is 0 Å². The zero-order chi connectivity index (χ0) is 8.10. The molecule has 0 fully saturated rings. The van der Waals surface area contributed by atoms with Crippen molar-refractivity contribution in [1.82, 2.24) is 5.32 Å². The minimum atomic E-state index is 0.0399. The van der Waals surface area contributed by atoms with Gasteiger partial charge < -0.3 is 5.32 Å². The quantitative estimate of drug-likeness (QED) is 0.501. The van der Waals surface area contributed by atoms with Crippen LogP contribution < -0.4 is 5.32 Å². The monoisotopic (exact) mass is 144 g/mol. The Morgan fingerprint density at radius 2 is 2.18 bits per heavy atom. The third-order valence-electron chi connectivity index (χ3n) is 1.10. The molecule has 1 rings (SSSR count). The highest BCUT2D eigenvalue weighted by atomic mass is 14.9. The van der Waals surface area contributed by atoms with Gasteiger partial charge in [0.25, 0.3) is 0 Å². The van der Waals surface area contributed by atoms with E-state index >= 15 is 0 Å². The molecule has 0 bridgehead atoms. The minimum absolute atomic E-state index is 0.0399. The lowest BCUT2D eigenvalue weighted by atomic mass is 10.2. The molecule has 0 saturated carbocycles. The van der Waals surface area contributed by atoms with E-state index < -0.39 is 0 Å². The summed E-state index contributed by atoms with van der Waals surface area (Å²) in [5.41, 5.74) is 0.482. The van der Waals surface area contributed by atoms with Crippen molar-refractivity contribution < 1.29 is 0 Å². The van der Waals surface area contributed by atoms with Crippen LogP contribution in [0.2, 0.25) is 0 Å². The van der Waals surface area contributed by atoms with Gasteiger partial charge >= 0.3 is 0 Å². The van der Waals surface area contributed by atoms with Crippen molar-refractivity contribution in [2.45, 2.75) is 0 Å². The highest BCUT2D eigenvalue weighted by Crippen LogP contribution is 1.99. The molecule has 4 heteroatoms. The highest BCUT2D eigenvalue weighted by molar-refractivity contribution is 5.83. The second-order valence-corrected chi connectivity index (χ2v) is 1.75. The van der Waals surface area contributed by atoms with E-state index in [1.165, 1.54) is 12.4 Å². The number of allylic oxidation sites excluding steroid dienone is 2. The normalized spacial score (nSPS) is 13.1. The first-order chi connectivity index (χ1) is 5.38. The van der Waals surface area contributed by atoms with Gasteiger partial charge in [0.1, 0.15) is 12.1 Å². The summed E-state index contributed by atoms with van der Waals surface area (Å²) in [6, 6.07) is 3.50. The summed E-state index contributed by atoms with van der Waals surface area (Å²) in [6.07, 6.45) is 4.53. The first-order valence-corrected chi connectivity index (χ1v) is 2.87. The molecule has 0 aromatic heterocycles. The summed E-state index contributed by atoms with van der Waals surface area (Å²) in [5.74, 6) is 0. The van der Waals surface area contributed by atoms with Crippen molar-refractivity contribution in [1.29, 1.82) is 10.5 Å². The number of aliphatic imine (C=N–C) groups is 1. The molecular formula is C7H4N4. The van der Waals surface area contributed by atoms with Gasteiger partial charge in [0.15, 0.2) is 5.57 Å². The van der Waals surface area contributed by atoms with E-state index in [0.717, 1.165) is 0 Å². The van der Waals surface area contributed by atoms with Gasteiger partial charge in [0.05, 0.1) is 11.9 Å². The van der Waals surface area contributed by atoms with Crippen molar-refractivity contribution in [2.24, 2.45) is 4.99 Å². The van der Waals surface area contributed by atoms with Gasteiger partial charge in [-0.15, -0.1) is 0 Å². The van der Waals surface area contributed by atoms with E-state index in [1.807, 2.05) is 0 Å². The fourth-order valence-corrected chi connectivity index (χ4v) is 0.607. The third kappa shape index (κ3) is 1.44. The third-order valence-corrected chi connectivity index (χ3v) is 1.10. The molecule has 0 amide bonds. The van der Waals surface area contributed by atoms with Crippen molar-refractivity contribution in [3.8, 4) is 12.1 Å². The minimum Gasteiger partial charge on any atom is -0.357 e. The van der Waals surface area contributed by atoms with Crippen LogP contribution in [0.25, 0.3) is 0 Å². The molecular weight excluding hydrogens is 140 g/mol. The number of hydrogen-bond donors (Lipinski definition) is 1. The molecule has 0 atom stereocenters. The molecule has 0 aliphatic carbocycles. The van der Waals surface area contributed by atoms with E-state index in [0.29, 0.717) is 5.70 Å². The predicted molar refractivity (Wildman–Crippen MR) is 39.0 cm³/mol. The van der Waals surface area contributed by atoms with Crippen LogP contribution in [0.4, 0.5) is 0 Å². The Bertz CT molecular complexity index is 305. The number of rotatable bonds is 0. The van der Waals surface area contributed by atoms with Gasteiger partial charge in [-0.2, -0.15) is 10.5 Å². The number of nitriles is 2. The Morgan fingerprint density at radius 3 is 2.64 bits per heavy atom. The summed E-state index contributed by atoms with van der Waals surface area (Å²) in [5, 5.41) is 19.6. The van der Waals surface area contributed by atoms with E-state index in [2.05, 4.69) is 10.3 Å². The van der Waals surface area contributed by atoms with Crippen LogP contribution in [0.5, 0.6) is 0 Å². The van der Waals surface area contributed by atoms with Crippen molar-refractivity contribution in [3.63, 3.8) is 0 Å². The number of hydrogen-bond acceptors (Lipinski definition) is 4. The second kappa shape index (κ2) is 3.19. The summed E-state index contributed by atoms with van der Waals surface area (Å²) >= 11 is 0. The van der Waals surface area contributed by atoms with Gasteiger partial charge in [-0.1, -0.05) is 0 Å². The average Bonchev–Trinajstić information content (AvgIpc) is 2.09. The lowest BCUT2D eigenvalue weighted by Crippen LogP contribution is -2.10. The molecule has 11 heavy (non-hydrogen) atoms. The molecule has 1 aliphatic rings. The summed E-state index contributed by atoms with van der Waals surface area (Å²) in [4.78, 5) is 3.75. The molecule has 0 unspecified atom stereocenters. The molecule has 0 radical (unpaired) electrons. The predicted octanol–water partition coefficient (Wildman–Crippen LogP) is 0.433. The molecule has 4 nitrogen and oxygen atoms in total. The van der Waals surface area contributed by atoms with Crippen molar-refractivity contribution in [2.75, 3.05) is 0 Å². The standard InChI is InChI=1S/C7H4N4/c8-3-6(4-9)7-5-10-1-2-11-7/h1-2,5,11H. The Balaban J connectivity index is 3.00. The molecule has 0 aromatic carbocycles. The van der Waals surface area contributed by atoms with Crippen molar-refractivity contribution in [3.05, 3.63) is 23.7 Å². The first kappa shape index (κ1) is 7.04. The van der Waals surface area contributed by atoms with E-state index in [-0.39, 0.29) is 5.57 Å². The van der Waals surface area contributed by atoms with Gasteiger partial charge in [-0.25, -0.2) is 0 Å². The average molecular weight is 144 g/mol. The number of nitrogens with one attached hydrogen (secondary N) is 1. The molecule has 0 spiro atoms. The van der Waals surface area contributed by atoms with Crippen LogP contribution in [-0.2, 0) is 0 Å². The number of nitrogens with zero attached hydrogens (tertiary/aromatic N) is 3. The highest BCUT2D eigenvalue weighted by Gasteiger charge is 2.02. The molecule has 1 heterocycles. The first-order valence-electron chi connectivity index (χ1n) is 2.87. The van der Waals surface area contributed by atoms with Crippen LogP contribution in [-0.4, -0.2) is 6.21 Å². The fourth-order valence-electron chi connectivity index (χ4n) is 0.607. The Kier molecular flexibility index (Phi) is 2.04. The molecule has 0 saturated heterocycles. The van der Waals surface area contributed by atoms with Gasteiger partial charge in [0, 0.05) is 12.4 Å². The molecule has 0 aromatic rings. The van der Waals surface area contributed by atoms with Gasteiger partial charge in [-0.05, 0) is 0 Å². The zero-order valence-corrected chi connectivity index (χ0v) is 5.57. The Hall–Kier alpha value is -2.07. The van der Waals surface area contributed by atoms with Gasteiger partial charge in [0.2, 0.25) is 0 Å². The SMILES string of the molecule is N#CC(C#N)=C1C=NC=CN1. The van der Waals surface area contributed by atoms with Gasteiger partial charge in [-0.3, -0.25) is 4.99 Å². The second-order valence-electron chi connectivity index (χ2n) is 1.75. The van der Waals surface area contributed by atoms with E-state index in [4.69, 9.17) is 10.5 Å². The molecule has 52 valence electrons. The maximum absolute atomic E-state index is 8.42. The van der Waals surface area contributed by atoms with E-state index in [9.17, 15) is 0 Å².